The molecule has 11 heteroatoms. The zero-order valence-corrected chi connectivity index (χ0v) is 33.1. The molecule has 2 amide bonds. The molecule has 1 fully saturated rings. The number of hydrogen-bond acceptors (Lipinski definition) is 7. The summed E-state index contributed by atoms with van der Waals surface area (Å²) in [5.41, 5.74) is 7.65. The zero-order valence-electron chi connectivity index (χ0n) is 33.1. The molecule has 1 atom stereocenters. The van der Waals surface area contributed by atoms with Crippen molar-refractivity contribution in [3.63, 3.8) is 0 Å². The van der Waals surface area contributed by atoms with Crippen molar-refractivity contribution < 1.29 is 28.9 Å². The number of nitrogens with zero attached hydrogens (tertiary/aromatic N) is 5. The number of aromatic hydroxyl groups is 1. The van der Waals surface area contributed by atoms with Crippen LogP contribution in [-0.4, -0.2) is 81.4 Å². The largest absolute Gasteiger partial charge is 0.508 e. The summed E-state index contributed by atoms with van der Waals surface area (Å²) in [6.45, 7) is 8.54. The van der Waals surface area contributed by atoms with Crippen LogP contribution in [0.4, 0.5) is 11.4 Å². The van der Waals surface area contributed by atoms with Gasteiger partial charge in [0.15, 0.2) is 11.5 Å². The van der Waals surface area contributed by atoms with Crippen LogP contribution in [0.1, 0.15) is 51.7 Å². The van der Waals surface area contributed by atoms with Crippen molar-refractivity contribution in [3.05, 3.63) is 144 Å². The predicted molar refractivity (Wildman–Crippen MR) is 227 cm³/mol. The van der Waals surface area contributed by atoms with Crippen LogP contribution in [0.25, 0.3) is 27.7 Å². The Morgan fingerprint density at radius 3 is 2.32 bits per heavy atom. The first kappa shape index (κ1) is 36.8. The fourth-order valence-electron chi connectivity index (χ4n) is 8.93. The summed E-state index contributed by atoms with van der Waals surface area (Å²) >= 11 is 0. The number of aromatic nitrogens is 2. The topological polar surface area (TPSA) is 101 Å². The number of fused-ring (bicyclic) bond motifs is 4. The van der Waals surface area contributed by atoms with Crippen LogP contribution in [0.3, 0.4) is 0 Å². The quantitative estimate of drug-likeness (QED) is 0.165. The van der Waals surface area contributed by atoms with Gasteiger partial charge >= 0.3 is 0 Å². The fraction of sp³-hybridized carbons (Fsp3) is 0.250. The minimum atomic E-state index is -0.264. The monoisotopic (exact) mass is 787 g/mol. The van der Waals surface area contributed by atoms with Crippen molar-refractivity contribution in [3.8, 4) is 28.5 Å². The Balaban J connectivity index is 1.09. The van der Waals surface area contributed by atoms with E-state index < -0.39 is 0 Å². The van der Waals surface area contributed by atoms with E-state index in [9.17, 15) is 5.11 Å². The Labute approximate surface area is 342 Å². The van der Waals surface area contributed by atoms with Crippen LogP contribution in [-0.2, 0) is 17.7 Å². The van der Waals surface area contributed by atoms with Crippen molar-refractivity contribution in [2.75, 3.05) is 44.5 Å². The van der Waals surface area contributed by atoms with Gasteiger partial charge in [0, 0.05) is 78.5 Å². The van der Waals surface area contributed by atoms with E-state index >= 15 is 9.59 Å². The lowest BCUT2D eigenvalue weighted by molar-refractivity contribution is 0.0193. The second-order valence-electron chi connectivity index (χ2n) is 15.8. The standard InChI is InChI=1S/C48H45N5O6/c1-31(2)50-18-16-33-24-36(12-15-42(33)50)53(35-10-13-38(54)14-11-35)48(56)41-25-44(51-17-6-5-9-43(41)51)39-26-45-46(59-30-58-45)27-40(39)47(55)52-28-34-8-4-3-7-32(34)23-37(52)29-49-19-21-57-22-20-49/h3-18,24-27,31,37,54H,19-23,28-30H2,1-2H3/t37-/m0/s1. The number of pyridine rings is 1. The maximum absolute atomic E-state index is 15.3. The molecule has 0 bridgehead atoms. The van der Waals surface area contributed by atoms with Crippen LogP contribution in [0.5, 0.6) is 17.2 Å². The number of carbonyl (C=O) groups excluding carboxylic acids is 2. The summed E-state index contributed by atoms with van der Waals surface area (Å²) < 4.78 is 21.6. The van der Waals surface area contributed by atoms with Gasteiger partial charge in [-0.25, -0.2) is 0 Å². The number of morpholine rings is 1. The van der Waals surface area contributed by atoms with E-state index in [-0.39, 0.29) is 36.4 Å². The SMILES string of the molecule is CC(C)n1ccc2cc(N(C(=O)c3cc(-c4cc5c(cc4C(=O)N4Cc6ccccc6C[C@H]4CN4CCOCC4)OCO5)n4ccccc34)c3ccc(O)cc3)ccc21. The van der Waals surface area contributed by atoms with E-state index in [0.717, 1.165) is 42.5 Å². The molecule has 0 aliphatic carbocycles. The van der Waals surface area contributed by atoms with Gasteiger partial charge in [-0.1, -0.05) is 30.3 Å². The Kier molecular flexibility index (Phi) is 9.34. The molecule has 298 valence electrons. The molecule has 7 aromatic rings. The maximum atomic E-state index is 15.3. The molecule has 3 aromatic heterocycles. The predicted octanol–water partition coefficient (Wildman–Crippen LogP) is 8.45. The highest BCUT2D eigenvalue weighted by Crippen LogP contribution is 2.42. The van der Waals surface area contributed by atoms with Gasteiger partial charge in [-0.3, -0.25) is 19.4 Å². The summed E-state index contributed by atoms with van der Waals surface area (Å²) in [5.74, 6) is 0.775. The maximum Gasteiger partial charge on any atom is 0.265 e. The molecule has 0 radical (unpaired) electrons. The number of amides is 2. The average molecular weight is 788 g/mol. The van der Waals surface area contributed by atoms with Gasteiger partial charge in [0.25, 0.3) is 11.8 Å². The number of hydrogen-bond donors (Lipinski definition) is 1. The first-order valence-corrected chi connectivity index (χ1v) is 20.3. The van der Waals surface area contributed by atoms with Gasteiger partial charge < -0.3 is 33.2 Å². The lowest BCUT2D eigenvalue weighted by atomic mass is 9.92. The number of phenols is 1. The summed E-state index contributed by atoms with van der Waals surface area (Å²) in [4.78, 5) is 36.6. The van der Waals surface area contributed by atoms with Gasteiger partial charge in [-0.15, -0.1) is 0 Å². The average Bonchev–Trinajstić information content (AvgIpc) is 4.01. The van der Waals surface area contributed by atoms with Crippen LogP contribution in [0.15, 0.2) is 122 Å². The van der Waals surface area contributed by atoms with Crippen molar-refractivity contribution in [2.45, 2.75) is 38.9 Å². The van der Waals surface area contributed by atoms with Crippen LogP contribution in [0.2, 0.25) is 0 Å². The van der Waals surface area contributed by atoms with Crippen molar-refractivity contribution in [1.29, 1.82) is 0 Å². The normalized spacial score (nSPS) is 16.5. The van der Waals surface area contributed by atoms with Crippen molar-refractivity contribution in [1.82, 2.24) is 18.8 Å². The Hall–Kier alpha value is -6.56. The van der Waals surface area contributed by atoms with E-state index in [2.05, 4.69) is 53.8 Å². The second kappa shape index (κ2) is 15.0. The molecule has 0 spiro atoms. The highest BCUT2D eigenvalue weighted by Gasteiger charge is 2.35. The Morgan fingerprint density at radius 1 is 0.780 bits per heavy atom. The molecule has 11 nitrogen and oxygen atoms in total. The first-order valence-electron chi connectivity index (χ1n) is 20.3. The molecule has 0 saturated carbocycles. The summed E-state index contributed by atoms with van der Waals surface area (Å²) in [6.07, 6.45) is 4.73. The van der Waals surface area contributed by atoms with E-state index in [1.54, 1.807) is 35.2 Å². The van der Waals surface area contributed by atoms with Gasteiger partial charge in [0.05, 0.1) is 35.6 Å². The minimum Gasteiger partial charge on any atom is -0.508 e. The summed E-state index contributed by atoms with van der Waals surface area (Å²) in [7, 11) is 0. The highest BCUT2D eigenvalue weighted by molar-refractivity contribution is 6.16. The van der Waals surface area contributed by atoms with Crippen molar-refractivity contribution >= 4 is 39.6 Å². The molecule has 1 saturated heterocycles. The molecule has 1 N–H and O–H groups in total. The summed E-state index contributed by atoms with van der Waals surface area (Å²) in [6, 6.07) is 34.6. The smallest absolute Gasteiger partial charge is 0.265 e. The third-order valence-corrected chi connectivity index (χ3v) is 11.9. The lowest BCUT2D eigenvalue weighted by Gasteiger charge is -2.40. The number of benzene rings is 4. The number of anilines is 2. The minimum absolute atomic E-state index is 0.0499. The van der Waals surface area contributed by atoms with Gasteiger partial charge in [-0.05, 0) is 110 Å². The van der Waals surface area contributed by atoms with Crippen molar-refractivity contribution in [2.24, 2.45) is 0 Å². The lowest BCUT2D eigenvalue weighted by Crippen LogP contribution is -2.52. The first-order chi connectivity index (χ1) is 28.8. The van der Waals surface area contributed by atoms with E-state index in [4.69, 9.17) is 14.2 Å². The molecular weight excluding hydrogens is 743 g/mol. The molecular formula is C48H45N5O6. The zero-order chi connectivity index (χ0) is 40.2. The molecule has 59 heavy (non-hydrogen) atoms. The number of phenolic OH excluding ortho intramolecular Hbond substituents is 1. The third-order valence-electron chi connectivity index (χ3n) is 11.9. The highest BCUT2D eigenvalue weighted by atomic mass is 16.7. The van der Waals surface area contributed by atoms with Gasteiger partial charge in [-0.2, -0.15) is 0 Å². The molecule has 0 unspecified atom stereocenters. The molecule has 3 aliphatic rings. The van der Waals surface area contributed by atoms with Crippen LogP contribution < -0.4 is 14.4 Å². The van der Waals surface area contributed by atoms with E-state index in [0.29, 0.717) is 70.5 Å². The van der Waals surface area contributed by atoms with E-state index in [1.165, 1.54) is 5.56 Å². The molecule has 4 aromatic carbocycles. The second-order valence-corrected chi connectivity index (χ2v) is 15.8. The number of carbonyl (C=O) groups is 2. The van der Waals surface area contributed by atoms with Gasteiger partial charge in [0.1, 0.15) is 5.75 Å². The Morgan fingerprint density at radius 2 is 1.53 bits per heavy atom. The number of ether oxygens (including phenoxy) is 3. The van der Waals surface area contributed by atoms with Crippen LogP contribution >= 0.6 is 0 Å². The molecule has 10 rings (SSSR count). The molecule has 6 heterocycles. The number of rotatable bonds is 8. The van der Waals surface area contributed by atoms with Gasteiger partial charge in [0.2, 0.25) is 6.79 Å². The van der Waals surface area contributed by atoms with E-state index in [1.807, 2.05) is 70.1 Å². The van der Waals surface area contributed by atoms with Crippen LogP contribution in [0, 0.1) is 0 Å². The fourth-order valence-corrected chi connectivity index (χ4v) is 8.93. The molecule has 3 aliphatic heterocycles. The third kappa shape index (κ3) is 6.66. The summed E-state index contributed by atoms with van der Waals surface area (Å²) in [5, 5.41) is 11.2. The Bertz CT molecular complexity index is 2730.